The fourth-order valence-electron chi connectivity index (χ4n) is 1.32. The van der Waals surface area contributed by atoms with Crippen LogP contribution in [0.5, 0.6) is 5.75 Å². The molecule has 3 heteroatoms. The predicted molar refractivity (Wildman–Crippen MR) is 55.0 cm³/mol. The first kappa shape index (κ1) is 10.6. The second-order valence-electron chi connectivity index (χ2n) is 3.39. The summed E-state index contributed by atoms with van der Waals surface area (Å²) in [6, 6.07) is 6.92. The summed E-state index contributed by atoms with van der Waals surface area (Å²) in [6.45, 7) is 1.88. The Morgan fingerprint density at radius 1 is 1.43 bits per heavy atom. The third kappa shape index (κ3) is 2.76. The molecule has 0 fully saturated rings. The van der Waals surface area contributed by atoms with Crippen LogP contribution in [0.1, 0.15) is 12.5 Å². The van der Waals surface area contributed by atoms with Gasteiger partial charge in [-0.05, 0) is 24.1 Å². The first-order chi connectivity index (χ1) is 6.63. The van der Waals surface area contributed by atoms with Gasteiger partial charge in [0, 0.05) is 13.0 Å². The molecule has 0 aliphatic heterocycles. The Labute approximate surface area is 83.8 Å². The minimum absolute atomic E-state index is 0.0375. The van der Waals surface area contributed by atoms with Gasteiger partial charge in [0.25, 0.3) is 0 Å². The van der Waals surface area contributed by atoms with E-state index in [1.165, 1.54) is 0 Å². The number of carbonyl (C=O) groups is 1. The molecular weight excluding hydrogens is 178 g/mol. The first-order valence-corrected chi connectivity index (χ1v) is 4.63. The SMILES string of the molecule is CNC(=O)C(C)Cc1ccc(O)cc1. The van der Waals surface area contributed by atoms with E-state index in [-0.39, 0.29) is 17.6 Å². The zero-order valence-electron chi connectivity index (χ0n) is 8.45. The van der Waals surface area contributed by atoms with Crippen molar-refractivity contribution in [2.45, 2.75) is 13.3 Å². The van der Waals surface area contributed by atoms with E-state index in [4.69, 9.17) is 5.11 Å². The Kier molecular flexibility index (Phi) is 3.51. The molecule has 0 heterocycles. The van der Waals surface area contributed by atoms with Gasteiger partial charge in [0.05, 0.1) is 0 Å². The van der Waals surface area contributed by atoms with Crippen molar-refractivity contribution >= 4 is 5.91 Å². The summed E-state index contributed by atoms with van der Waals surface area (Å²) in [4.78, 5) is 11.2. The van der Waals surface area contributed by atoms with Crippen molar-refractivity contribution in [3.8, 4) is 5.75 Å². The van der Waals surface area contributed by atoms with Crippen molar-refractivity contribution in [1.29, 1.82) is 0 Å². The van der Waals surface area contributed by atoms with Crippen LogP contribution in [0.4, 0.5) is 0 Å². The lowest BCUT2D eigenvalue weighted by atomic mass is 10.0. The number of aromatic hydroxyl groups is 1. The highest BCUT2D eigenvalue weighted by molar-refractivity contribution is 5.78. The Morgan fingerprint density at radius 3 is 2.50 bits per heavy atom. The highest BCUT2D eigenvalue weighted by Crippen LogP contribution is 2.13. The van der Waals surface area contributed by atoms with Crippen LogP contribution in [0, 0.1) is 5.92 Å². The van der Waals surface area contributed by atoms with Crippen LogP contribution >= 0.6 is 0 Å². The van der Waals surface area contributed by atoms with Gasteiger partial charge < -0.3 is 10.4 Å². The molecule has 1 amide bonds. The van der Waals surface area contributed by atoms with E-state index in [2.05, 4.69) is 5.32 Å². The fourth-order valence-corrected chi connectivity index (χ4v) is 1.32. The summed E-state index contributed by atoms with van der Waals surface area (Å²) < 4.78 is 0. The third-order valence-corrected chi connectivity index (χ3v) is 2.17. The van der Waals surface area contributed by atoms with Crippen LogP contribution in [0.3, 0.4) is 0 Å². The topological polar surface area (TPSA) is 49.3 Å². The first-order valence-electron chi connectivity index (χ1n) is 4.63. The van der Waals surface area contributed by atoms with Crippen LogP contribution in [-0.2, 0) is 11.2 Å². The average Bonchev–Trinajstić information content (AvgIpc) is 2.20. The summed E-state index contributed by atoms with van der Waals surface area (Å²) >= 11 is 0. The summed E-state index contributed by atoms with van der Waals surface area (Å²) in [5.74, 6) is 0.254. The Bertz CT molecular complexity index is 306. The highest BCUT2D eigenvalue weighted by atomic mass is 16.3. The van der Waals surface area contributed by atoms with Crippen LogP contribution in [0.2, 0.25) is 0 Å². The summed E-state index contributed by atoms with van der Waals surface area (Å²) in [7, 11) is 1.63. The number of benzene rings is 1. The molecule has 0 spiro atoms. The van der Waals surface area contributed by atoms with Crippen LogP contribution in [0.15, 0.2) is 24.3 Å². The van der Waals surface area contributed by atoms with Gasteiger partial charge in [0.1, 0.15) is 5.75 Å². The Balaban J connectivity index is 2.60. The van der Waals surface area contributed by atoms with Crippen molar-refractivity contribution in [1.82, 2.24) is 5.32 Å². The second kappa shape index (κ2) is 4.65. The molecule has 1 aromatic rings. The predicted octanol–water partition coefficient (Wildman–Crippen LogP) is 1.32. The summed E-state index contributed by atoms with van der Waals surface area (Å²) in [6.07, 6.45) is 0.694. The Morgan fingerprint density at radius 2 is 2.00 bits per heavy atom. The van der Waals surface area contributed by atoms with E-state index in [9.17, 15) is 4.79 Å². The van der Waals surface area contributed by atoms with Crippen molar-refractivity contribution < 1.29 is 9.90 Å². The van der Waals surface area contributed by atoms with Gasteiger partial charge in [-0.3, -0.25) is 4.79 Å². The third-order valence-electron chi connectivity index (χ3n) is 2.17. The number of carbonyl (C=O) groups excluding carboxylic acids is 1. The molecule has 76 valence electrons. The minimum atomic E-state index is -0.0375. The zero-order chi connectivity index (χ0) is 10.6. The zero-order valence-corrected chi connectivity index (χ0v) is 8.45. The van der Waals surface area contributed by atoms with Crippen molar-refractivity contribution in [2.24, 2.45) is 5.92 Å². The molecule has 14 heavy (non-hydrogen) atoms. The van der Waals surface area contributed by atoms with E-state index < -0.39 is 0 Å². The van der Waals surface area contributed by atoms with Crippen LogP contribution in [0.25, 0.3) is 0 Å². The van der Waals surface area contributed by atoms with Gasteiger partial charge in [-0.2, -0.15) is 0 Å². The highest BCUT2D eigenvalue weighted by Gasteiger charge is 2.11. The van der Waals surface area contributed by atoms with E-state index in [1.807, 2.05) is 19.1 Å². The molecule has 1 atom stereocenters. The molecule has 3 nitrogen and oxygen atoms in total. The fraction of sp³-hybridized carbons (Fsp3) is 0.364. The number of phenols is 1. The molecule has 1 rings (SSSR count). The quantitative estimate of drug-likeness (QED) is 0.760. The standard InChI is InChI=1S/C11H15NO2/c1-8(11(14)12-2)7-9-3-5-10(13)6-4-9/h3-6,8,13H,7H2,1-2H3,(H,12,14). The van der Waals surface area contributed by atoms with Crippen molar-refractivity contribution in [2.75, 3.05) is 7.05 Å². The van der Waals surface area contributed by atoms with E-state index in [1.54, 1.807) is 19.2 Å². The largest absolute Gasteiger partial charge is 0.508 e. The second-order valence-corrected chi connectivity index (χ2v) is 3.39. The van der Waals surface area contributed by atoms with Gasteiger partial charge in [-0.25, -0.2) is 0 Å². The lowest BCUT2D eigenvalue weighted by Crippen LogP contribution is -2.26. The summed E-state index contributed by atoms with van der Waals surface area (Å²) in [5, 5.41) is 11.7. The molecule has 1 unspecified atom stereocenters. The molecule has 0 aromatic heterocycles. The van der Waals surface area contributed by atoms with E-state index >= 15 is 0 Å². The summed E-state index contributed by atoms with van der Waals surface area (Å²) in [5.41, 5.74) is 1.05. The maximum atomic E-state index is 11.2. The van der Waals surface area contributed by atoms with Crippen molar-refractivity contribution in [3.05, 3.63) is 29.8 Å². The maximum Gasteiger partial charge on any atom is 0.222 e. The average molecular weight is 193 g/mol. The van der Waals surface area contributed by atoms with Gasteiger partial charge in [-0.15, -0.1) is 0 Å². The van der Waals surface area contributed by atoms with Crippen LogP contribution < -0.4 is 5.32 Å². The van der Waals surface area contributed by atoms with Gasteiger partial charge in [-0.1, -0.05) is 19.1 Å². The number of hydrogen-bond donors (Lipinski definition) is 2. The number of hydrogen-bond acceptors (Lipinski definition) is 2. The molecule has 0 aliphatic carbocycles. The molecule has 0 aliphatic rings. The van der Waals surface area contributed by atoms with Gasteiger partial charge in [0.15, 0.2) is 0 Å². The molecule has 0 saturated heterocycles. The number of nitrogens with one attached hydrogen (secondary N) is 1. The maximum absolute atomic E-state index is 11.2. The van der Waals surface area contributed by atoms with E-state index in [0.29, 0.717) is 6.42 Å². The monoisotopic (exact) mass is 193 g/mol. The normalized spacial score (nSPS) is 12.1. The smallest absolute Gasteiger partial charge is 0.222 e. The molecule has 2 N–H and O–H groups in total. The minimum Gasteiger partial charge on any atom is -0.508 e. The lowest BCUT2D eigenvalue weighted by molar-refractivity contribution is -0.123. The number of phenolic OH excluding ortho intramolecular Hbond substituents is 1. The van der Waals surface area contributed by atoms with Crippen molar-refractivity contribution in [3.63, 3.8) is 0 Å². The molecular formula is C11H15NO2. The molecule has 0 radical (unpaired) electrons. The van der Waals surface area contributed by atoms with Gasteiger partial charge >= 0.3 is 0 Å². The Hall–Kier alpha value is -1.51. The lowest BCUT2D eigenvalue weighted by Gasteiger charge is -2.09. The van der Waals surface area contributed by atoms with Crippen LogP contribution in [-0.4, -0.2) is 18.1 Å². The molecule has 0 bridgehead atoms. The number of rotatable bonds is 3. The van der Waals surface area contributed by atoms with E-state index in [0.717, 1.165) is 5.56 Å². The van der Waals surface area contributed by atoms with Gasteiger partial charge in [0.2, 0.25) is 5.91 Å². The molecule has 1 aromatic carbocycles. The number of amides is 1. The molecule has 0 saturated carbocycles.